The Balaban J connectivity index is 1.51. The maximum absolute atomic E-state index is 12.2. The Bertz CT molecular complexity index is 928. The van der Waals surface area contributed by atoms with E-state index >= 15 is 0 Å². The first-order valence-electron chi connectivity index (χ1n) is 7.08. The fourth-order valence-corrected chi connectivity index (χ4v) is 2.59. The van der Waals surface area contributed by atoms with E-state index in [-0.39, 0.29) is 5.91 Å². The third kappa shape index (κ3) is 2.33. The quantitative estimate of drug-likeness (QED) is 0.542. The summed E-state index contributed by atoms with van der Waals surface area (Å²) in [6.07, 6.45) is 2.21. The van der Waals surface area contributed by atoms with E-state index in [0.29, 0.717) is 12.4 Å². The van der Waals surface area contributed by atoms with Gasteiger partial charge in [0.25, 0.3) is 0 Å². The number of nitrogens with one attached hydrogen (secondary N) is 3. The second kappa shape index (κ2) is 5.04. The highest BCUT2D eigenvalue weighted by molar-refractivity contribution is 5.93. The van der Waals surface area contributed by atoms with Gasteiger partial charge >= 0.3 is 0 Å². The summed E-state index contributed by atoms with van der Waals surface area (Å²) < 4.78 is 0. The van der Waals surface area contributed by atoms with Gasteiger partial charge in [0.1, 0.15) is 0 Å². The van der Waals surface area contributed by atoms with Crippen molar-refractivity contribution in [1.29, 1.82) is 0 Å². The van der Waals surface area contributed by atoms with Crippen molar-refractivity contribution in [2.24, 2.45) is 0 Å². The molecule has 0 unspecified atom stereocenters. The monoisotopic (exact) mass is 290 g/mol. The fourth-order valence-electron chi connectivity index (χ4n) is 2.59. The molecule has 4 rings (SSSR count). The van der Waals surface area contributed by atoms with Crippen LogP contribution in [0.1, 0.15) is 5.56 Å². The first kappa shape index (κ1) is 12.6. The van der Waals surface area contributed by atoms with Crippen molar-refractivity contribution in [3.8, 4) is 0 Å². The van der Waals surface area contributed by atoms with E-state index in [2.05, 4.69) is 20.3 Å². The molecule has 2 heterocycles. The highest BCUT2D eigenvalue weighted by Crippen LogP contribution is 2.16. The molecule has 0 aliphatic carbocycles. The lowest BCUT2D eigenvalue weighted by Gasteiger charge is -2.02. The molecule has 22 heavy (non-hydrogen) atoms. The van der Waals surface area contributed by atoms with Gasteiger partial charge in [-0.15, -0.1) is 0 Å². The number of hydrogen-bond acceptors (Lipinski definition) is 2. The Labute approximate surface area is 126 Å². The summed E-state index contributed by atoms with van der Waals surface area (Å²) in [6, 6.07) is 15.6. The Kier molecular flexibility index (Phi) is 2.89. The molecule has 0 spiro atoms. The number of benzene rings is 2. The van der Waals surface area contributed by atoms with E-state index in [4.69, 9.17) is 0 Å². The summed E-state index contributed by atoms with van der Waals surface area (Å²) in [5.74, 6) is 0.392. The number of H-pyrrole nitrogens is 2. The highest BCUT2D eigenvalue weighted by Gasteiger charge is 2.08. The summed E-state index contributed by atoms with van der Waals surface area (Å²) in [4.78, 5) is 22.7. The van der Waals surface area contributed by atoms with Crippen LogP contribution in [0.3, 0.4) is 0 Å². The first-order valence-corrected chi connectivity index (χ1v) is 7.08. The second-order valence-corrected chi connectivity index (χ2v) is 5.23. The zero-order valence-electron chi connectivity index (χ0n) is 11.8. The molecule has 108 valence electrons. The lowest BCUT2D eigenvalue weighted by Crippen LogP contribution is -2.15. The highest BCUT2D eigenvalue weighted by atomic mass is 16.1. The van der Waals surface area contributed by atoms with E-state index in [1.165, 1.54) is 0 Å². The Morgan fingerprint density at radius 3 is 2.91 bits per heavy atom. The van der Waals surface area contributed by atoms with Gasteiger partial charge in [-0.25, -0.2) is 4.98 Å². The van der Waals surface area contributed by atoms with Crippen LogP contribution in [-0.4, -0.2) is 20.9 Å². The number of rotatable bonds is 3. The SMILES string of the molecule is O=C(Cc1ccc2[nH]ccc2c1)Nc1nc2ccccc2[nH]1. The number of para-hydroxylation sites is 2. The molecule has 5 nitrogen and oxygen atoms in total. The van der Waals surface area contributed by atoms with Crippen molar-refractivity contribution >= 4 is 33.8 Å². The molecule has 0 aliphatic rings. The maximum atomic E-state index is 12.2. The van der Waals surface area contributed by atoms with Gasteiger partial charge in [-0.2, -0.15) is 0 Å². The Morgan fingerprint density at radius 1 is 1.09 bits per heavy atom. The van der Waals surface area contributed by atoms with Crippen LogP contribution in [0.2, 0.25) is 0 Å². The van der Waals surface area contributed by atoms with Gasteiger partial charge in [0.2, 0.25) is 11.9 Å². The molecule has 0 aliphatic heterocycles. The summed E-state index contributed by atoms with van der Waals surface area (Å²) >= 11 is 0. The molecule has 4 aromatic rings. The molecule has 0 fully saturated rings. The fraction of sp³-hybridized carbons (Fsp3) is 0.0588. The van der Waals surface area contributed by atoms with Crippen LogP contribution in [0.5, 0.6) is 0 Å². The van der Waals surface area contributed by atoms with Crippen molar-refractivity contribution in [3.63, 3.8) is 0 Å². The van der Waals surface area contributed by atoms with Gasteiger partial charge < -0.3 is 9.97 Å². The molecule has 0 saturated heterocycles. The smallest absolute Gasteiger partial charge is 0.231 e. The van der Waals surface area contributed by atoms with Crippen molar-refractivity contribution in [2.45, 2.75) is 6.42 Å². The molecule has 1 amide bonds. The summed E-state index contributed by atoms with van der Waals surface area (Å²) in [5, 5.41) is 3.91. The first-order chi connectivity index (χ1) is 10.8. The number of imidazole rings is 1. The normalized spacial score (nSPS) is 11.1. The van der Waals surface area contributed by atoms with Gasteiger partial charge in [-0.1, -0.05) is 18.2 Å². The van der Waals surface area contributed by atoms with Crippen molar-refractivity contribution in [2.75, 3.05) is 5.32 Å². The van der Waals surface area contributed by atoms with E-state index in [9.17, 15) is 4.79 Å². The zero-order valence-corrected chi connectivity index (χ0v) is 11.8. The minimum absolute atomic E-state index is 0.0889. The predicted octanol–water partition coefficient (Wildman–Crippen LogP) is 3.23. The van der Waals surface area contributed by atoms with Gasteiger partial charge in [-0.05, 0) is 41.3 Å². The van der Waals surface area contributed by atoms with Crippen molar-refractivity contribution < 1.29 is 4.79 Å². The molecule has 0 saturated carbocycles. The minimum Gasteiger partial charge on any atom is -0.361 e. The van der Waals surface area contributed by atoms with Crippen LogP contribution in [0.15, 0.2) is 54.7 Å². The number of aromatic nitrogens is 3. The third-order valence-electron chi connectivity index (χ3n) is 3.63. The number of nitrogens with zero attached hydrogens (tertiary/aromatic N) is 1. The molecule has 0 atom stereocenters. The van der Waals surface area contributed by atoms with E-state index in [0.717, 1.165) is 27.5 Å². The van der Waals surface area contributed by atoms with Crippen LogP contribution in [-0.2, 0) is 11.2 Å². The summed E-state index contributed by atoms with van der Waals surface area (Å²) in [5.41, 5.74) is 3.79. The molecule has 2 aromatic heterocycles. The average Bonchev–Trinajstić information content (AvgIpc) is 3.11. The Hall–Kier alpha value is -3.08. The number of aromatic amines is 2. The number of carbonyl (C=O) groups excluding carboxylic acids is 1. The van der Waals surface area contributed by atoms with Crippen LogP contribution >= 0.6 is 0 Å². The van der Waals surface area contributed by atoms with Crippen LogP contribution in [0, 0.1) is 0 Å². The Morgan fingerprint density at radius 2 is 2.00 bits per heavy atom. The topological polar surface area (TPSA) is 73.6 Å². The number of hydrogen-bond donors (Lipinski definition) is 3. The van der Waals surface area contributed by atoms with E-state index in [1.807, 2.05) is 54.7 Å². The molecular weight excluding hydrogens is 276 g/mol. The van der Waals surface area contributed by atoms with Crippen LogP contribution in [0.25, 0.3) is 21.9 Å². The van der Waals surface area contributed by atoms with Crippen LogP contribution in [0.4, 0.5) is 5.95 Å². The van der Waals surface area contributed by atoms with Gasteiger partial charge in [0, 0.05) is 11.7 Å². The predicted molar refractivity (Wildman–Crippen MR) is 86.7 cm³/mol. The third-order valence-corrected chi connectivity index (χ3v) is 3.63. The van der Waals surface area contributed by atoms with E-state index < -0.39 is 0 Å². The average molecular weight is 290 g/mol. The number of carbonyl (C=O) groups is 1. The molecule has 0 radical (unpaired) electrons. The maximum Gasteiger partial charge on any atom is 0.231 e. The summed E-state index contributed by atoms with van der Waals surface area (Å²) in [7, 11) is 0. The molecule has 5 heteroatoms. The number of amides is 1. The minimum atomic E-state index is -0.0889. The number of fused-ring (bicyclic) bond motifs is 2. The zero-order chi connectivity index (χ0) is 14.9. The van der Waals surface area contributed by atoms with Crippen molar-refractivity contribution in [3.05, 3.63) is 60.3 Å². The van der Waals surface area contributed by atoms with Crippen LogP contribution < -0.4 is 5.32 Å². The molecule has 2 aromatic carbocycles. The standard InChI is InChI=1S/C17H14N4O/c22-16(10-11-5-6-13-12(9-11)7-8-18-13)21-17-19-14-3-1-2-4-15(14)20-17/h1-9,18H,10H2,(H2,19,20,21,22). The molecule has 3 N–H and O–H groups in total. The van der Waals surface area contributed by atoms with E-state index in [1.54, 1.807) is 0 Å². The second-order valence-electron chi connectivity index (χ2n) is 5.23. The van der Waals surface area contributed by atoms with Gasteiger partial charge in [0.05, 0.1) is 17.5 Å². The molecular formula is C17H14N4O. The van der Waals surface area contributed by atoms with Gasteiger partial charge in [-0.3, -0.25) is 10.1 Å². The molecule has 0 bridgehead atoms. The largest absolute Gasteiger partial charge is 0.361 e. The van der Waals surface area contributed by atoms with Crippen molar-refractivity contribution in [1.82, 2.24) is 15.0 Å². The number of anilines is 1. The lowest BCUT2D eigenvalue weighted by atomic mass is 10.1. The van der Waals surface area contributed by atoms with Gasteiger partial charge in [0.15, 0.2) is 0 Å². The lowest BCUT2D eigenvalue weighted by molar-refractivity contribution is -0.115. The summed E-state index contributed by atoms with van der Waals surface area (Å²) in [6.45, 7) is 0.